The van der Waals surface area contributed by atoms with Crippen LogP contribution in [0.25, 0.3) is 0 Å². The largest absolute Gasteiger partial charge is 0.494 e. The molecule has 6 heteroatoms. The summed E-state index contributed by atoms with van der Waals surface area (Å²) in [6.45, 7) is 7.19. The minimum Gasteiger partial charge on any atom is -0.494 e. The van der Waals surface area contributed by atoms with Gasteiger partial charge in [0.1, 0.15) is 11.6 Å². The van der Waals surface area contributed by atoms with Crippen LogP contribution in [0.5, 0.6) is 5.75 Å². The number of hydrogen-bond acceptors (Lipinski definition) is 4. The van der Waals surface area contributed by atoms with Gasteiger partial charge in [-0.25, -0.2) is 4.39 Å². The maximum absolute atomic E-state index is 13.0. The number of benzene rings is 1. The molecule has 3 aliphatic heterocycles. The first kappa shape index (κ1) is 21.6. The van der Waals surface area contributed by atoms with E-state index in [1.807, 2.05) is 4.90 Å². The Hall–Kier alpha value is -1.66. The molecule has 5 nitrogen and oxygen atoms in total. The van der Waals surface area contributed by atoms with Crippen LogP contribution in [-0.4, -0.2) is 66.7 Å². The van der Waals surface area contributed by atoms with Gasteiger partial charge in [-0.1, -0.05) is 0 Å². The summed E-state index contributed by atoms with van der Waals surface area (Å²) in [4.78, 5) is 16.2. The minimum atomic E-state index is -0.232. The van der Waals surface area contributed by atoms with Crippen molar-refractivity contribution in [2.24, 2.45) is 5.92 Å². The summed E-state index contributed by atoms with van der Waals surface area (Å²) >= 11 is 0. The van der Waals surface area contributed by atoms with Crippen molar-refractivity contribution in [2.75, 3.05) is 39.4 Å². The van der Waals surface area contributed by atoms with E-state index in [2.05, 4.69) is 4.90 Å². The Morgan fingerprint density at radius 2 is 1.83 bits per heavy atom. The monoisotopic (exact) mass is 418 g/mol. The van der Waals surface area contributed by atoms with Crippen LogP contribution in [0.15, 0.2) is 24.3 Å². The molecule has 1 atom stereocenters. The highest BCUT2D eigenvalue weighted by Crippen LogP contribution is 2.39. The average molecular weight is 419 g/mol. The summed E-state index contributed by atoms with van der Waals surface area (Å²) in [7, 11) is 0. The molecular weight excluding hydrogens is 383 g/mol. The van der Waals surface area contributed by atoms with Crippen molar-refractivity contribution in [2.45, 2.75) is 63.5 Å². The van der Waals surface area contributed by atoms with Crippen LogP contribution in [0.2, 0.25) is 0 Å². The lowest BCUT2D eigenvalue weighted by Gasteiger charge is -2.49. The Kier molecular flexibility index (Phi) is 6.94. The van der Waals surface area contributed by atoms with Crippen LogP contribution >= 0.6 is 0 Å². The third-order valence-corrected chi connectivity index (χ3v) is 7.34. The smallest absolute Gasteiger partial charge is 0.219 e. The number of carbonyl (C=O) groups excluding carboxylic acids is 1. The average Bonchev–Trinajstić information content (AvgIpc) is 2.76. The Bertz CT molecular complexity index is 695. The molecule has 0 N–H and O–H groups in total. The topological polar surface area (TPSA) is 42.0 Å². The SMILES string of the molecule is CC(=O)N1CCC(N2CCC3(CC2)CC(CCOc2ccc(F)cc2)CCO3)CC1. The van der Waals surface area contributed by atoms with E-state index in [1.165, 1.54) is 12.1 Å². The lowest BCUT2D eigenvalue weighted by molar-refractivity contribution is -0.136. The van der Waals surface area contributed by atoms with Gasteiger partial charge in [0.15, 0.2) is 0 Å². The van der Waals surface area contributed by atoms with Crippen molar-refractivity contribution in [3.63, 3.8) is 0 Å². The molecule has 1 aromatic rings. The van der Waals surface area contributed by atoms with Crippen LogP contribution in [0.1, 0.15) is 51.9 Å². The second kappa shape index (κ2) is 9.65. The van der Waals surface area contributed by atoms with Crippen LogP contribution in [0.4, 0.5) is 4.39 Å². The molecule has 3 aliphatic rings. The summed E-state index contributed by atoms with van der Waals surface area (Å²) in [6, 6.07) is 6.88. The highest BCUT2D eigenvalue weighted by atomic mass is 19.1. The number of hydrogen-bond donors (Lipinski definition) is 0. The highest BCUT2D eigenvalue weighted by Gasteiger charge is 2.41. The molecule has 166 valence electrons. The Morgan fingerprint density at radius 1 is 1.13 bits per heavy atom. The second-order valence-electron chi connectivity index (χ2n) is 9.25. The molecule has 1 amide bonds. The Morgan fingerprint density at radius 3 is 2.50 bits per heavy atom. The van der Waals surface area contributed by atoms with Gasteiger partial charge in [-0.05, 0) is 75.1 Å². The zero-order valence-corrected chi connectivity index (χ0v) is 18.2. The molecule has 1 aromatic carbocycles. The van der Waals surface area contributed by atoms with Gasteiger partial charge in [0.2, 0.25) is 5.91 Å². The summed E-state index contributed by atoms with van der Waals surface area (Å²) in [5, 5.41) is 0. The van der Waals surface area contributed by atoms with Crippen molar-refractivity contribution in [1.82, 2.24) is 9.80 Å². The molecule has 3 fully saturated rings. The summed E-state index contributed by atoms with van der Waals surface area (Å²) in [5.41, 5.74) is 0.0371. The van der Waals surface area contributed by atoms with Crippen molar-refractivity contribution in [3.8, 4) is 5.75 Å². The van der Waals surface area contributed by atoms with Gasteiger partial charge in [-0.15, -0.1) is 0 Å². The van der Waals surface area contributed by atoms with Crippen molar-refractivity contribution >= 4 is 5.91 Å². The first-order valence-corrected chi connectivity index (χ1v) is 11.5. The second-order valence-corrected chi connectivity index (χ2v) is 9.25. The number of amides is 1. The molecule has 1 spiro atoms. The quantitative estimate of drug-likeness (QED) is 0.728. The Labute approximate surface area is 179 Å². The molecule has 4 rings (SSSR count). The van der Waals surface area contributed by atoms with Crippen LogP contribution in [0, 0.1) is 11.7 Å². The van der Waals surface area contributed by atoms with Gasteiger partial charge < -0.3 is 19.3 Å². The van der Waals surface area contributed by atoms with E-state index in [1.54, 1.807) is 19.1 Å². The van der Waals surface area contributed by atoms with Crippen molar-refractivity contribution < 1.29 is 18.7 Å². The van der Waals surface area contributed by atoms with E-state index < -0.39 is 0 Å². The number of rotatable bonds is 5. The predicted molar refractivity (Wildman–Crippen MR) is 114 cm³/mol. The normalized spacial score (nSPS) is 25.4. The molecule has 0 saturated carbocycles. The van der Waals surface area contributed by atoms with Crippen molar-refractivity contribution in [1.29, 1.82) is 0 Å². The lowest BCUT2D eigenvalue weighted by atomic mass is 9.78. The molecule has 1 unspecified atom stereocenters. The molecule has 30 heavy (non-hydrogen) atoms. The summed E-state index contributed by atoms with van der Waals surface area (Å²) < 4.78 is 25.2. The number of ether oxygens (including phenoxy) is 2. The Balaban J connectivity index is 1.21. The third-order valence-electron chi connectivity index (χ3n) is 7.34. The lowest BCUT2D eigenvalue weighted by Crippen LogP contribution is -2.54. The first-order chi connectivity index (χ1) is 14.5. The fourth-order valence-electron chi connectivity index (χ4n) is 5.44. The maximum atomic E-state index is 13.0. The van der Waals surface area contributed by atoms with Gasteiger partial charge in [-0.2, -0.15) is 0 Å². The minimum absolute atomic E-state index is 0.0371. The fraction of sp³-hybridized carbons (Fsp3) is 0.708. The summed E-state index contributed by atoms with van der Waals surface area (Å²) in [5.74, 6) is 1.34. The zero-order valence-electron chi connectivity index (χ0n) is 18.2. The van der Waals surface area contributed by atoms with Crippen LogP contribution in [-0.2, 0) is 9.53 Å². The number of piperidine rings is 2. The van der Waals surface area contributed by atoms with E-state index >= 15 is 0 Å². The van der Waals surface area contributed by atoms with E-state index in [9.17, 15) is 9.18 Å². The first-order valence-electron chi connectivity index (χ1n) is 11.5. The van der Waals surface area contributed by atoms with Crippen LogP contribution in [0.3, 0.4) is 0 Å². The molecular formula is C24H35FN2O3. The number of likely N-dealkylation sites (tertiary alicyclic amines) is 2. The molecule has 3 saturated heterocycles. The molecule has 0 aliphatic carbocycles. The molecule has 0 bridgehead atoms. The summed E-state index contributed by atoms with van der Waals surface area (Å²) in [6.07, 6.45) is 7.64. The number of nitrogens with zero attached hydrogens (tertiary/aromatic N) is 2. The predicted octanol–water partition coefficient (Wildman–Crippen LogP) is 3.87. The molecule has 0 radical (unpaired) electrons. The van der Waals surface area contributed by atoms with Crippen molar-refractivity contribution in [3.05, 3.63) is 30.1 Å². The van der Waals surface area contributed by atoms with Crippen LogP contribution < -0.4 is 4.74 Å². The van der Waals surface area contributed by atoms with E-state index in [4.69, 9.17) is 9.47 Å². The van der Waals surface area contributed by atoms with Gasteiger partial charge >= 0.3 is 0 Å². The standard InChI is InChI=1S/C24H35FN2O3/c1-19(28)26-12-6-22(7-13-26)27-14-10-24(11-15-27)18-20(9-17-30-24)8-16-29-23-4-2-21(25)3-5-23/h2-5,20,22H,6-18H2,1H3. The fourth-order valence-corrected chi connectivity index (χ4v) is 5.44. The van der Waals surface area contributed by atoms with E-state index in [-0.39, 0.29) is 17.3 Å². The van der Waals surface area contributed by atoms with E-state index in [0.717, 1.165) is 83.5 Å². The van der Waals surface area contributed by atoms with Gasteiger partial charge in [0, 0.05) is 45.8 Å². The zero-order chi connectivity index (χ0) is 21.0. The van der Waals surface area contributed by atoms with E-state index in [0.29, 0.717) is 18.6 Å². The number of carbonyl (C=O) groups is 1. The number of halogens is 1. The maximum Gasteiger partial charge on any atom is 0.219 e. The third kappa shape index (κ3) is 5.33. The van der Waals surface area contributed by atoms with Gasteiger partial charge in [0.05, 0.1) is 12.2 Å². The highest BCUT2D eigenvalue weighted by molar-refractivity contribution is 5.73. The molecule has 3 heterocycles. The van der Waals surface area contributed by atoms with Gasteiger partial charge in [-0.3, -0.25) is 4.79 Å². The molecule has 0 aromatic heterocycles. The van der Waals surface area contributed by atoms with Gasteiger partial charge in [0.25, 0.3) is 0 Å².